The fraction of sp³-hybridized carbons (Fsp3) is 0.189. The van der Waals surface area contributed by atoms with Crippen molar-refractivity contribution >= 4 is 22.4 Å². The molecular weight excluding hydrogens is 629 g/mol. The molecule has 1 saturated carbocycles. The van der Waals surface area contributed by atoms with Gasteiger partial charge in [-0.2, -0.15) is 14.9 Å². The maximum Gasteiger partial charge on any atom is 0.282 e. The molecule has 4 heterocycles. The number of rotatable bonds is 8. The molecule has 1 aliphatic carbocycles. The lowest BCUT2D eigenvalue weighted by Gasteiger charge is -2.35. The van der Waals surface area contributed by atoms with E-state index in [0.717, 1.165) is 41.6 Å². The zero-order valence-corrected chi connectivity index (χ0v) is 26.2. The first-order valence-electron chi connectivity index (χ1n) is 16.2. The third kappa shape index (κ3) is 5.58. The summed E-state index contributed by atoms with van der Waals surface area (Å²) in [6.07, 6.45) is 10.1. The predicted molar refractivity (Wildman–Crippen MR) is 182 cm³/mol. The van der Waals surface area contributed by atoms with Gasteiger partial charge in [0.25, 0.3) is 5.56 Å². The summed E-state index contributed by atoms with van der Waals surface area (Å²) in [5.41, 5.74) is 2.49. The smallest absolute Gasteiger partial charge is 0.282 e. The van der Waals surface area contributed by atoms with Crippen molar-refractivity contribution in [3.8, 4) is 22.6 Å². The van der Waals surface area contributed by atoms with Gasteiger partial charge in [-0.15, -0.1) is 0 Å². The van der Waals surface area contributed by atoms with Gasteiger partial charge in [-0.1, -0.05) is 37.1 Å². The number of para-hydroxylation sites is 1. The van der Waals surface area contributed by atoms with Crippen molar-refractivity contribution in [3.63, 3.8) is 0 Å². The lowest BCUT2D eigenvalue weighted by molar-refractivity contribution is 0.327. The summed E-state index contributed by atoms with van der Waals surface area (Å²) in [6, 6.07) is 20.9. The van der Waals surface area contributed by atoms with E-state index in [2.05, 4.69) is 25.8 Å². The number of benzene rings is 3. The van der Waals surface area contributed by atoms with Crippen molar-refractivity contribution < 1.29 is 13.2 Å². The Labute approximate surface area is 279 Å². The van der Waals surface area contributed by atoms with Crippen LogP contribution in [0.3, 0.4) is 0 Å². The molecule has 0 saturated heterocycles. The molecule has 49 heavy (non-hydrogen) atoms. The van der Waals surface area contributed by atoms with Gasteiger partial charge >= 0.3 is 0 Å². The summed E-state index contributed by atoms with van der Waals surface area (Å²) < 4.78 is 50.4. The van der Waals surface area contributed by atoms with E-state index in [1.54, 1.807) is 29.2 Å². The highest BCUT2D eigenvalue weighted by atomic mass is 19.1. The van der Waals surface area contributed by atoms with Gasteiger partial charge in [-0.25, -0.2) is 22.8 Å². The van der Waals surface area contributed by atoms with Crippen LogP contribution in [0, 0.1) is 17.5 Å². The van der Waals surface area contributed by atoms with Gasteiger partial charge in [0.2, 0.25) is 0 Å². The van der Waals surface area contributed by atoms with Gasteiger partial charge in [-0.3, -0.25) is 4.79 Å². The van der Waals surface area contributed by atoms with Gasteiger partial charge < -0.3 is 15.2 Å². The molecule has 2 N–H and O–H groups in total. The van der Waals surface area contributed by atoms with Crippen molar-refractivity contribution in [1.82, 2.24) is 29.1 Å². The van der Waals surface area contributed by atoms with Gasteiger partial charge in [0.1, 0.15) is 23.0 Å². The average Bonchev–Trinajstić information content (AvgIpc) is 3.78. The maximum absolute atomic E-state index is 16.0. The molecule has 5 aromatic rings. The van der Waals surface area contributed by atoms with Crippen LogP contribution in [0.1, 0.15) is 37.3 Å². The normalized spacial score (nSPS) is 16.3. The van der Waals surface area contributed by atoms with Crippen LogP contribution < -0.4 is 16.2 Å². The first-order valence-corrected chi connectivity index (χ1v) is 16.2. The minimum Gasteiger partial charge on any atom is -0.378 e. The monoisotopic (exact) mass is 660 g/mol. The first-order chi connectivity index (χ1) is 24.0. The van der Waals surface area contributed by atoms with Crippen LogP contribution in [0.2, 0.25) is 0 Å². The van der Waals surface area contributed by atoms with E-state index in [1.807, 2.05) is 41.1 Å². The second-order valence-electron chi connectivity index (χ2n) is 12.2. The van der Waals surface area contributed by atoms with Crippen LogP contribution in [0.4, 0.5) is 24.7 Å². The Morgan fingerprint density at radius 3 is 2.45 bits per heavy atom. The summed E-state index contributed by atoms with van der Waals surface area (Å²) >= 11 is 0. The highest BCUT2D eigenvalue weighted by molar-refractivity contribution is 6.03. The third-order valence-corrected chi connectivity index (χ3v) is 9.22. The van der Waals surface area contributed by atoms with Crippen LogP contribution in [-0.2, 0) is 6.54 Å². The number of hydrogen-bond acceptors (Lipinski definition) is 6. The summed E-state index contributed by atoms with van der Waals surface area (Å²) in [5.74, 6) is -1.45. The molecule has 0 amide bonds. The summed E-state index contributed by atoms with van der Waals surface area (Å²) in [6.45, 7) is 0.274. The van der Waals surface area contributed by atoms with Crippen molar-refractivity contribution in [3.05, 3.63) is 137 Å². The molecule has 1 fully saturated rings. The van der Waals surface area contributed by atoms with Gasteiger partial charge in [-0.05, 0) is 73.0 Å². The number of anilines is 2. The number of halogens is 3. The Hall–Kier alpha value is -5.91. The molecule has 8 rings (SSSR count). The van der Waals surface area contributed by atoms with Gasteiger partial charge in [0, 0.05) is 37.4 Å². The Morgan fingerprint density at radius 2 is 1.65 bits per heavy atom. The van der Waals surface area contributed by atoms with Crippen LogP contribution in [0.5, 0.6) is 0 Å². The van der Waals surface area contributed by atoms with Crippen LogP contribution in [0.25, 0.3) is 33.5 Å². The molecule has 0 unspecified atom stereocenters. The van der Waals surface area contributed by atoms with Crippen LogP contribution in [-0.4, -0.2) is 35.2 Å². The number of pyridine rings is 2. The van der Waals surface area contributed by atoms with Crippen molar-refractivity contribution in [2.75, 3.05) is 10.6 Å². The van der Waals surface area contributed by atoms with E-state index in [0.29, 0.717) is 10.9 Å². The molecule has 2 atom stereocenters. The molecule has 0 radical (unpaired) electrons. The fourth-order valence-corrected chi connectivity index (χ4v) is 6.84. The molecule has 2 aromatic heterocycles. The molecule has 246 valence electrons. The van der Waals surface area contributed by atoms with Gasteiger partial charge in [0.15, 0.2) is 11.6 Å². The maximum atomic E-state index is 16.0. The SMILES string of the molecule is O=c1c2cn([C@H]3CCCC[C@@H]3Nc3ncccc3F)c3ccc(F)c(NCc4ccc(-n5cccn5)cc4)c3c-2nn1-c1ccccc1F. The minimum atomic E-state index is -0.610. The van der Waals surface area contributed by atoms with E-state index in [1.165, 1.54) is 42.6 Å². The van der Waals surface area contributed by atoms with Crippen molar-refractivity contribution in [2.24, 2.45) is 0 Å². The second-order valence-corrected chi connectivity index (χ2v) is 12.2. The second kappa shape index (κ2) is 12.6. The predicted octanol–water partition coefficient (Wildman–Crippen LogP) is 7.50. The Bertz CT molecular complexity index is 2300. The molecular formula is C37H31F3N8O. The quantitative estimate of drug-likeness (QED) is 0.175. The molecule has 2 aliphatic heterocycles. The standard InChI is InChI=1S/C37H31F3N8O/c38-26-7-1-3-10-30(26)48-37(49)25-22-46(31-11-4-2-9-29(31)44-36-28(40)8-5-18-41-36)32-17-16-27(39)35(33(32)34(25)45-48)42-21-23-12-14-24(15-13-23)47-20-6-19-43-47/h1,3,5-8,10,12-20,22,29,31,42H,2,4,9,11,21H2,(H,41,44)/t29-,31-/m0/s1. The highest BCUT2D eigenvalue weighted by Gasteiger charge is 2.32. The number of nitrogens with one attached hydrogen (secondary N) is 2. The number of aromatic nitrogens is 6. The lowest BCUT2D eigenvalue weighted by Crippen LogP contribution is -2.35. The first kappa shape index (κ1) is 30.4. The Morgan fingerprint density at radius 1 is 0.837 bits per heavy atom. The van der Waals surface area contributed by atoms with E-state index in [-0.39, 0.29) is 47.1 Å². The zero-order chi connectivity index (χ0) is 33.5. The fourth-order valence-electron chi connectivity index (χ4n) is 6.84. The number of fused-ring (bicyclic) bond motifs is 3. The topological polar surface area (TPSA) is 94.6 Å². The third-order valence-electron chi connectivity index (χ3n) is 9.22. The van der Waals surface area contributed by atoms with E-state index in [4.69, 9.17) is 0 Å². The number of hydrogen-bond donors (Lipinski definition) is 2. The molecule has 3 aliphatic rings. The molecule has 0 bridgehead atoms. The molecule has 12 heteroatoms. The molecule has 9 nitrogen and oxygen atoms in total. The van der Waals surface area contributed by atoms with Crippen molar-refractivity contribution in [1.29, 1.82) is 0 Å². The van der Waals surface area contributed by atoms with Crippen molar-refractivity contribution in [2.45, 2.75) is 44.3 Å². The van der Waals surface area contributed by atoms with Crippen LogP contribution >= 0.6 is 0 Å². The summed E-state index contributed by atoms with van der Waals surface area (Å²) in [7, 11) is 0. The van der Waals surface area contributed by atoms with E-state index in [9.17, 15) is 9.18 Å². The Kier molecular flexibility index (Phi) is 7.83. The minimum absolute atomic E-state index is 0.00517. The summed E-state index contributed by atoms with van der Waals surface area (Å²) in [5, 5.41) is 15.8. The summed E-state index contributed by atoms with van der Waals surface area (Å²) in [4.78, 5) is 18.2. The van der Waals surface area contributed by atoms with Gasteiger partial charge in [0.05, 0.1) is 33.9 Å². The van der Waals surface area contributed by atoms with E-state index < -0.39 is 23.0 Å². The van der Waals surface area contributed by atoms with E-state index >= 15 is 8.78 Å². The largest absolute Gasteiger partial charge is 0.378 e. The molecule has 0 spiro atoms. The number of nitrogens with zero attached hydrogens (tertiary/aromatic N) is 6. The lowest BCUT2D eigenvalue weighted by atomic mass is 9.89. The van der Waals surface area contributed by atoms with Crippen LogP contribution in [0.15, 0.2) is 108 Å². The highest BCUT2D eigenvalue weighted by Crippen LogP contribution is 2.40. The molecule has 3 aromatic carbocycles. The zero-order valence-electron chi connectivity index (χ0n) is 26.2. The average molecular weight is 661 g/mol. The Balaban J connectivity index is 1.27.